The summed E-state index contributed by atoms with van der Waals surface area (Å²) in [5.74, 6) is 0.111. The van der Waals surface area contributed by atoms with E-state index < -0.39 is 0 Å². The molecule has 0 fully saturated rings. The quantitative estimate of drug-likeness (QED) is 0.738. The van der Waals surface area contributed by atoms with Gasteiger partial charge in [-0.05, 0) is 23.8 Å². The van der Waals surface area contributed by atoms with Crippen LogP contribution in [-0.2, 0) is 10.2 Å². The van der Waals surface area contributed by atoms with Crippen LogP contribution in [0.3, 0.4) is 0 Å². The van der Waals surface area contributed by atoms with Crippen LogP contribution in [0.5, 0.6) is 0 Å². The fraction of sp³-hybridized carbons (Fsp3) is 0.438. The average Bonchev–Trinajstić information content (AvgIpc) is 2.38. The first-order valence-electron chi connectivity index (χ1n) is 6.45. The van der Waals surface area contributed by atoms with Crippen molar-refractivity contribution < 1.29 is 9.53 Å². The number of carbonyl (C=O) groups excluding carboxylic acids is 1. The summed E-state index contributed by atoms with van der Waals surface area (Å²) in [5, 5.41) is 0. The first kappa shape index (κ1) is 12.9. The number of hydrogen-bond donors (Lipinski definition) is 0. The molecule has 18 heavy (non-hydrogen) atoms. The summed E-state index contributed by atoms with van der Waals surface area (Å²) in [7, 11) is 0. The van der Waals surface area contributed by atoms with Crippen molar-refractivity contribution in [3.05, 3.63) is 47.2 Å². The smallest absolute Gasteiger partial charge is 0.192 e. The molecule has 0 aliphatic carbocycles. The second kappa shape index (κ2) is 4.97. The van der Waals surface area contributed by atoms with E-state index in [1.165, 1.54) is 0 Å². The Morgan fingerprint density at radius 3 is 2.56 bits per heavy atom. The highest BCUT2D eigenvalue weighted by atomic mass is 16.5. The lowest BCUT2D eigenvalue weighted by atomic mass is 9.81. The normalized spacial score (nSPS) is 15.8. The molecule has 96 valence electrons. The zero-order valence-corrected chi connectivity index (χ0v) is 11.3. The molecular weight excluding hydrogens is 224 g/mol. The van der Waals surface area contributed by atoms with Crippen LogP contribution >= 0.6 is 0 Å². The zero-order valence-electron chi connectivity index (χ0n) is 11.3. The number of ketones is 1. The Morgan fingerprint density at radius 2 is 1.94 bits per heavy atom. The molecule has 0 spiro atoms. The van der Waals surface area contributed by atoms with Crippen LogP contribution in [0, 0.1) is 0 Å². The molecule has 0 bridgehead atoms. The number of benzene rings is 1. The van der Waals surface area contributed by atoms with E-state index in [0.29, 0.717) is 0 Å². The number of hydrogen-bond acceptors (Lipinski definition) is 2. The van der Waals surface area contributed by atoms with Crippen LogP contribution in [-0.4, -0.2) is 12.4 Å². The van der Waals surface area contributed by atoms with Crippen molar-refractivity contribution in [1.29, 1.82) is 0 Å². The summed E-state index contributed by atoms with van der Waals surface area (Å²) >= 11 is 0. The monoisotopic (exact) mass is 244 g/mol. The molecule has 0 amide bonds. The maximum absolute atomic E-state index is 12.5. The van der Waals surface area contributed by atoms with Crippen LogP contribution in [0.1, 0.15) is 49.5 Å². The van der Waals surface area contributed by atoms with Gasteiger partial charge in [-0.3, -0.25) is 4.79 Å². The fourth-order valence-electron chi connectivity index (χ4n) is 2.24. The van der Waals surface area contributed by atoms with Gasteiger partial charge in [0.1, 0.15) is 0 Å². The molecule has 0 N–H and O–H groups in total. The van der Waals surface area contributed by atoms with Crippen molar-refractivity contribution >= 4 is 5.78 Å². The average molecular weight is 244 g/mol. The number of allylic oxidation sites excluding steroid dienone is 1. The SMILES string of the molecule is CC(C)(C)c1ccccc1C(=O)C1=COCCC1. The van der Waals surface area contributed by atoms with Crippen molar-refractivity contribution in [1.82, 2.24) is 0 Å². The van der Waals surface area contributed by atoms with Gasteiger partial charge in [-0.2, -0.15) is 0 Å². The lowest BCUT2D eigenvalue weighted by Gasteiger charge is -2.23. The number of Topliss-reactive ketones (excluding diaryl/α,β-unsaturated/α-hetero) is 1. The third kappa shape index (κ3) is 2.63. The van der Waals surface area contributed by atoms with Gasteiger partial charge in [-0.25, -0.2) is 0 Å². The molecule has 0 atom stereocenters. The Kier molecular flexibility index (Phi) is 3.55. The highest BCUT2D eigenvalue weighted by Gasteiger charge is 2.23. The second-order valence-corrected chi connectivity index (χ2v) is 5.74. The van der Waals surface area contributed by atoms with Crippen LogP contribution in [0.2, 0.25) is 0 Å². The van der Waals surface area contributed by atoms with Gasteiger partial charge < -0.3 is 4.74 Å². The van der Waals surface area contributed by atoms with E-state index in [2.05, 4.69) is 20.8 Å². The van der Waals surface area contributed by atoms with E-state index in [4.69, 9.17) is 4.74 Å². The molecule has 1 aromatic rings. The molecule has 0 aromatic heterocycles. The van der Waals surface area contributed by atoms with E-state index >= 15 is 0 Å². The molecule has 2 heteroatoms. The van der Waals surface area contributed by atoms with Gasteiger partial charge in [0.05, 0.1) is 12.9 Å². The summed E-state index contributed by atoms with van der Waals surface area (Å²) in [6.07, 6.45) is 3.37. The van der Waals surface area contributed by atoms with Gasteiger partial charge in [0, 0.05) is 11.1 Å². The van der Waals surface area contributed by atoms with Crippen molar-refractivity contribution in [3.8, 4) is 0 Å². The highest BCUT2D eigenvalue weighted by molar-refractivity contribution is 6.09. The minimum Gasteiger partial charge on any atom is -0.501 e. The van der Waals surface area contributed by atoms with E-state index in [-0.39, 0.29) is 11.2 Å². The van der Waals surface area contributed by atoms with Gasteiger partial charge >= 0.3 is 0 Å². The standard InChI is InChI=1S/C16H20O2/c1-16(2,3)14-9-5-4-8-13(14)15(17)12-7-6-10-18-11-12/h4-5,8-9,11H,6-7,10H2,1-3H3. The van der Waals surface area contributed by atoms with Gasteiger partial charge in [-0.1, -0.05) is 45.0 Å². The summed E-state index contributed by atoms with van der Waals surface area (Å²) in [4.78, 5) is 12.5. The summed E-state index contributed by atoms with van der Waals surface area (Å²) in [6, 6.07) is 7.87. The zero-order chi connectivity index (χ0) is 13.2. The maximum Gasteiger partial charge on any atom is 0.192 e. The third-order valence-corrected chi connectivity index (χ3v) is 3.21. The first-order chi connectivity index (χ1) is 8.50. The summed E-state index contributed by atoms with van der Waals surface area (Å²) in [6.45, 7) is 7.11. The van der Waals surface area contributed by atoms with Crippen molar-refractivity contribution in [2.45, 2.75) is 39.0 Å². The van der Waals surface area contributed by atoms with Crippen LogP contribution < -0.4 is 0 Å². The van der Waals surface area contributed by atoms with Gasteiger partial charge in [0.2, 0.25) is 0 Å². The lowest BCUT2D eigenvalue weighted by molar-refractivity contribution is 0.101. The molecule has 2 nitrogen and oxygen atoms in total. The highest BCUT2D eigenvalue weighted by Crippen LogP contribution is 2.28. The van der Waals surface area contributed by atoms with Gasteiger partial charge in [0.15, 0.2) is 5.78 Å². The Labute approximate surface area is 109 Å². The summed E-state index contributed by atoms with van der Waals surface area (Å²) in [5.41, 5.74) is 2.67. The molecule has 1 aliphatic rings. The van der Waals surface area contributed by atoms with Crippen molar-refractivity contribution in [2.24, 2.45) is 0 Å². The Hall–Kier alpha value is -1.57. The van der Waals surface area contributed by atoms with Gasteiger partial charge in [-0.15, -0.1) is 0 Å². The van der Waals surface area contributed by atoms with Crippen molar-refractivity contribution in [2.75, 3.05) is 6.61 Å². The number of ether oxygens (including phenoxy) is 1. The van der Waals surface area contributed by atoms with Gasteiger partial charge in [0.25, 0.3) is 0 Å². The van der Waals surface area contributed by atoms with E-state index in [9.17, 15) is 4.79 Å². The second-order valence-electron chi connectivity index (χ2n) is 5.74. The predicted molar refractivity (Wildman–Crippen MR) is 72.7 cm³/mol. The summed E-state index contributed by atoms with van der Waals surface area (Å²) < 4.78 is 5.27. The molecule has 0 radical (unpaired) electrons. The van der Waals surface area contributed by atoms with Crippen LogP contribution in [0.15, 0.2) is 36.1 Å². The number of carbonyl (C=O) groups is 1. The molecular formula is C16H20O2. The first-order valence-corrected chi connectivity index (χ1v) is 6.45. The minimum atomic E-state index is -0.0255. The molecule has 0 unspecified atom stereocenters. The molecule has 2 rings (SSSR count). The van der Waals surface area contributed by atoms with Crippen LogP contribution in [0.4, 0.5) is 0 Å². The van der Waals surface area contributed by atoms with E-state index in [1.807, 2.05) is 24.3 Å². The van der Waals surface area contributed by atoms with Crippen LogP contribution in [0.25, 0.3) is 0 Å². The van der Waals surface area contributed by atoms with Crippen molar-refractivity contribution in [3.63, 3.8) is 0 Å². The maximum atomic E-state index is 12.5. The largest absolute Gasteiger partial charge is 0.501 e. The lowest BCUT2D eigenvalue weighted by Crippen LogP contribution is -2.18. The molecule has 1 heterocycles. The third-order valence-electron chi connectivity index (χ3n) is 3.21. The topological polar surface area (TPSA) is 26.3 Å². The predicted octanol–water partition coefficient (Wildman–Crippen LogP) is 3.86. The van der Waals surface area contributed by atoms with E-state index in [1.54, 1.807) is 6.26 Å². The Bertz CT molecular complexity index is 478. The number of rotatable bonds is 2. The Morgan fingerprint density at radius 1 is 1.22 bits per heavy atom. The van der Waals surface area contributed by atoms with E-state index in [0.717, 1.165) is 36.1 Å². The molecule has 1 aliphatic heterocycles. The fourth-order valence-corrected chi connectivity index (χ4v) is 2.24. The molecule has 0 saturated heterocycles. The molecule has 1 aromatic carbocycles. The minimum absolute atomic E-state index is 0.0255. The molecule has 0 saturated carbocycles. The Balaban J connectivity index is 2.39.